The molecule has 3 aromatic carbocycles. The predicted octanol–water partition coefficient (Wildman–Crippen LogP) is 9.59. The van der Waals surface area contributed by atoms with Crippen LogP contribution in [0.4, 0.5) is 26.3 Å². The fourth-order valence-electron chi connectivity index (χ4n) is 4.87. The zero-order chi connectivity index (χ0) is 29.4. The van der Waals surface area contributed by atoms with Crippen molar-refractivity contribution in [2.45, 2.75) is 70.9 Å². The summed E-state index contributed by atoms with van der Waals surface area (Å²) in [6.45, 7) is 2.88. The first-order valence-corrected chi connectivity index (χ1v) is 14.0. The molecule has 8 heteroatoms. The summed E-state index contributed by atoms with van der Waals surface area (Å²) in [7, 11) is 0. The molecule has 0 unspecified atom stereocenters. The summed E-state index contributed by atoms with van der Waals surface area (Å²) in [5.74, 6) is -3.04. The minimum absolute atomic E-state index is 0.0116. The van der Waals surface area contributed by atoms with E-state index in [0.717, 1.165) is 29.8 Å². The lowest BCUT2D eigenvalue weighted by molar-refractivity contribution is -0.142. The van der Waals surface area contributed by atoms with E-state index in [9.17, 15) is 22.0 Å². The van der Waals surface area contributed by atoms with Crippen molar-refractivity contribution in [2.75, 3.05) is 6.61 Å². The molecule has 41 heavy (non-hydrogen) atoms. The third kappa shape index (κ3) is 8.24. The normalized spacial score (nSPS) is 11.8. The number of alkyl halides is 3. The first-order valence-electron chi connectivity index (χ1n) is 14.0. The number of fused-ring (bicyclic) bond motifs is 1. The Bertz CT molecular complexity index is 1430. The summed E-state index contributed by atoms with van der Waals surface area (Å²) in [6.07, 6.45) is 4.02. The first kappa shape index (κ1) is 30.4. The summed E-state index contributed by atoms with van der Waals surface area (Å²) in [4.78, 5) is 4.50. The molecule has 4 aromatic rings. The minimum atomic E-state index is -5.13. The largest absolute Gasteiger partial charge is 0.492 e. The number of pyridine rings is 1. The molecule has 0 bridgehead atoms. The van der Waals surface area contributed by atoms with E-state index in [1.165, 1.54) is 25.7 Å². The monoisotopic (exact) mass is 573 g/mol. The first-order chi connectivity index (χ1) is 19.7. The fraction of sp³-hybridized carbons (Fsp3) is 0.364. The minimum Gasteiger partial charge on any atom is -0.492 e. The molecule has 4 rings (SSSR count). The summed E-state index contributed by atoms with van der Waals surface area (Å²) < 4.78 is 87.2. The lowest BCUT2D eigenvalue weighted by atomic mass is 9.97. The molecule has 0 fully saturated rings. The van der Waals surface area contributed by atoms with Gasteiger partial charge in [-0.25, -0.2) is 13.2 Å². The lowest BCUT2D eigenvalue weighted by Crippen LogP contribution is -2.12. The van der Waals surface area contributed by atoms with Crippen molar-refractivity contribution in [3.05, 3.63) is 106 Å². The molecule has 0 saturated heterocycles. The van der Waals surface area contributed by atoms with Gasteiger partial charge in [-0.15, -0.1) is 0 Å². The SMILES string of the molecule is CCCCCCCOc1ccc(CCc2ccc3c(F)c(CCc4cc(F)c(C(F)(F)F)c(F)c4)ccc3c2)nc1. The molecule has 2 nitrogen and oxygen atoms in total. The van der Waals surface area contributed by atoms with E-state index >= 15 is 4.39 Å². The Morgan fingerprint density at radius 2 is 1.46 bits per heavy atom. The number of aromatic nitrogens is 1. The van der Waals surface area contributed by atoms with Gasteiger partial charge in [0.1, 0.15) is 28.8 Å². The van der Waals surface area contributed by atoms with Gasteiger partial charge in [-0.2, -0.15) is 13.2 Å². The molecule has 0 spiro atoms. The quantitative estimate of drug-likeness (QED) is 0.117. The Morgan fingerprint density at radius 3 is 2.15 bits per heavy atom. The number of aryl methyl sites for hydroxylation is 4. The molecule has 0 aliphatic carbocycles. The van der Waals surface area contributed by atoms with Crippen LogP contribution in [0.3, 0.4) is 0 Å². The second-order valence-electron chi connectivity index (χ2n) is 10.3. The van der Waals surface area contributed by atoms with Gasteiger partial charge in [-0.3, -0.25) is 4.98 Å². The van der Waals surface area contributed by atoms with Gasteiger partial charge in [0.05, 0.1) is 12.8 Å². The number of benzene rings is 3. The van der Waals surface area contributed by atoms with Crippen LogP contribution in [-0.4, -0.2) is 11.6 Å². The van der Waals surface area contributed by atoms with Gasteiger partial charge in [0.15, 0.2) is 0 Å². The van der Waals surface area contributed by atoms with Crippen LogP contribution >= 0.6 is 0 Å². The maximum absolute atomic E-state index is 15.2. The smallest absolute Gasteiger partial charge is 0.422 e. The third-order valence-corrected chi connectivity index (χ3v) is 7.15. The van der Waals surface area contributed by atoms with Crippen molar-refractivity contribution in [3.8, 4) is 5.75 Å². The topological polar surface area (TPSA) is 22.1 Å². The van der Waals surface area contributed by atoms with Crippen LogP contribution in [0, 0.1) is 17.5 Å². The van der Waals surface area contributed by atoms with E-state index < -0.39 is 29.2 Å². The third-order valence-electron chi connectivity index (χ3n) is 7.15. The number of hydrogen-bond acceptors (Lipinski definition) is 2. The Balaban J connectivity index is 1.33. The highest BCUT2D eigenvalue weighted by molar-refractivity contribution is 5.84. The second-order valence-corrected chi connectivity index (χ2v) is 10.3. The Labute approximate surface area is 236 Å². The van der Waals surface area contributed by atoms with Crippen molar-refractivity contribution >= 4 is 10.8 Å². The van der Waals surface area contributed by atoms with E-state index in [1.807, 2.05) is 24.3 Å². The Hall–Kier alpha value is -3.55. The molecule has 0 atom stereocenters. The molecule has 0 aliphatic heterocycles. The van der Waals surface area contributed by atoms with Gasteiger partial charge < -0.3 is 4.74 Å². The van der Waals surface area contributed by atoms with E-state index in [1.54, 1.807) is 24.4 Å². The highest BCUT2D eigenvalue weighted by atomic mass is 19.4. The lowest BCUT2D eigenvalue weighted by Gasteiger charge is -2.12. The highest BCUT2D eigenvalue weighted by Gasteiger charge is 2.37. The average Bonchev–Trinajstić information content (AvgIpc) is 2.93. The number of unbranched alkanes of at least 4 members (excludes halogenated alkanes) is 4. The molecule has 0 saturated carbocycles. The number of nitrogens with zero attached hydrogens (tertiary/aromatic N) is 1. The van der Waals surface area contributed by atoms with Crippen molar-refractivity contribution in [1.29, 1.82) is 0 Å². The van der Waals surface area contributed by atoms with Crippen molar-refractivity contribution in [1.82, 2.24) is 4.98 Å². The maximum atomic E-state index is 15.2. The van der Waals surface area contributed by atoms with E-state index in [0.29, 0.717) is 41.5 Å². The molecule has 218 valence electrons. The zero-order valence-electron chi connectivity index (χ0n) is 23.0. The van der Waals surface area contributed by atoms with Crippen LogP contribution in [0.1, 0.15) is 67.0 Å². The fourth-order valence-corrected chi connectivity index (χ4v) is 4.87. The van der Waals surface area contributed by atoms with Crippen molar-refractivity contribution in [2.24, 2.45) is 0 Å². The van der Waals surface area contributed by atoms with Crippen LogP contribution in [0.5, 0.6) is 5.75 Å². The summed E-state index contributed by atoms with van der Waals surface area (Å²) in [6, 6.07) is 14.0. The van der Waals surface area contributed by atoms with Crippen LogP contribution in [0.15, 0.2) is 60.8 Å². The molecule has 0 aliphatic rings. The van der Waals surface area contributed by atoms with E-state index in [2.05, 4.69) is 11.9 Å². The highest BCUT2D eigenvalue weighted by Crippen LogP contribution is 2.34. The van der Waals surface area contributed by atoms with Gasteiger partial charge in [0.25, 0.3) is 0 Å². The average molecular weight is 574 g/mol. The zero-order valence-corrected chi connectivity index (χ0v) is 23.0. The van der Waals surface area contributed by atoms with Crippen LogP contribution in [0.2, 0.25) is 0 Å². The van der Waals surface area contributed by atoms with Gasteiger partial charge in [0, 0.05) is 11.1 Å². The summed E-state index contributed by atoms with van der Waals surface area (Å²) in [5.41, 5.74) is 0.378. The maximum Gasteiger partial charge on any atom is 0.422 e. The summed E-state index contributed by atoms with van der Waals surface area (Å²) in [5, 5.41) is 1.12. The van der Waals surface area contributed by atoms with Crippen LogP contribution in [-0.2, 0) is 31.9 Å². The van der Waals surface area contributed by atoms with E-state index in [-0.39, 0.29) is 18.4 Å². The molecule has 1 heterocycles. The van der Waals surface area contributed by atoms with Gasteiger partial charge in [-0.1, -0.05) is 62.9 Å². The van der Waals surface area contributed by atoms with Gasteiger partial charge >= 0.3 is 6.18 Å². The predicted molar refractivity (Wildman–Crippen MR) is 149 cm³/mol. The molecular weight excluding hydrogens is 540 g/mol. The summed E-state index contributed by atoms with van der Waals surface area (Å²) >= 11 is 0. The van der Waals surface area contributed by atoms with Gasteiger partial charge in [-0.05, 0) is 78.4 Å². The molecule has 0 radical (unpaired) electrons. The Kier molecular flexibility index (Phi) is 10.3. The second kappa shape index (κ2) is 13.9. The number of hydrogen-bond donors (Lipinski definition) is 0. The molecule has 0 amide bonds. The number of halogens is 6. The van der Waals surface area contributed by atoms with Gasteiger partial charge in [0.2, 0.25) is 0 Å². The molecule has 0 N–H and O–H groups in total. The van der Waals surface area contributed by atoms with Crippen LogP contribution < -0.4 is 4.74 Å². The number of rotatable bonds is 13. The van der Waals surface area contributed by atoms with E-state index in [4.69, 9.17) is 4.74 Å². The standard InChI is InChI=1S/C33H33F6NO/c1-2-3-4-5-6-17-41-27-15-14-26(40-21-27)13-8-22-9-16-28-25(18-22)12-11-24(32(28)36)10-7-23-19-29(34)31(30(35)20-23)33(37,38)39/h9,11-12,14-16,18-21H,2-8,10,13,17H2,1H3. The van der Waals surface area contributed by atoms with Crippen LogP contribution in [0.25, 0.3) is 10.8 Å². The van der Waals surface area contributed by atoms with Crippen molar-refractivity contribution in [3.63, 3.8) is 0 Å². The molecule has 1 aromatic heterocycles. The molecular formula is C33H33F6NO. The number of ether oxygens (including phenoxy) is 1. The Morgan fingerprint density at radius 1 is 0.732 bits per heavy atom. The van der Waals surface area contributed by atoms with Crippen molar-refractivity contribution < 1.29 is 31.1 Å².